The molecule has 1 aromatic heterocycles. The number of carboxylic acids is 1. The summed E-state index contributed by atoms with van der Waals surface area (Å²) in [6.45, 7) is 0.383. The van der Waals surface area contributed by atoms with Crippen molar-refractivity contribution in [3.63, 3.8) is 0 Å². The first-order chi connectivity index (χ1) is 6.25. The van der Waals surface area contributed by atoms with Crippen LogP contribution in [0.1, 0.15) is 15.9 Å². The third-order valence-corrected chi connectivity index (χ3v) is 1.52. The Morgan fingerprint density at radius 2 is 2.46 bits per heavy atom. The first kappa shape index (κ1) is 9.41. The maximum absolute atomic E-state index is 10.7. The fourth-order valence-electron chi connectivity index (χ4n) is 0.929. The van der Waals surface area contributed by atoms with Gasteiger partial charge in [0.2, 0.25) is 0 Å². The zero-order chi connectivity index (χ0) is 9.68. The molecule has 0 amide bonds. The van der Waals surface area contributed by atoms with E-state index in [0.717, 1.165) is 0 Å². The highest BCUT2D eigenvalue weighted by Crippen LogP contribution is 2.08. The largest absolute Gasteiger partial charge is 0.478 e. The van der Waals surface area contributed by atoms with Gasteiger partial charge in [-0.15, -0.1) is 0 Å². The fourth-order valence-corrected chi connectivity index (χ4v) is 0.929. The van der Waals surface area contributed by atoms with E-state index >= 15 is 0 Å². The molecular formula is C9H10N2O2. The molecule has 0 aliphatic heterocycles. The number of pyridine rings is 1. The fraction of sp³-hybridized carbons (Fsp3) is 0.111. The van der Waals surface area contributed by atoms with Gasteiger partial charge < -0.3 is 10.8 Å². The van der Waals surface area contributed by atoms with Crippen LogP contribution in [0.25, 0.3) is 6.08 Å². The van der Waals surface area contributed by atoms with Gasteiger partial charge in [0.1, 0.15) is 0 Å². The minimum Gasteiger partial charge on any atom is -0.478 e. The van der Waals surface area contributed by atoms with Crippen LogP contribution in [0.15, 0.2) is 24.5 Å². The SMILES string of the molecule is NCC=Cc1cnccc1C(=O)O. The van der Waals surface area contributed by atoms with Crippen LogP contribution < -0.4 is 5.73 Å². The topological polar surface area (TPSA) is 76.2 Å². The maximum atomic E-state index is 10.7. The van der Waals surface area contributed by atoms with Gasteiger partial charge in [-0.05, 0) is 6.07 Å². The average Bonchev–Trinajstić information content (AvgIpc) is 2.15. The highest BCUT2D eigenvalue weighted by atomic mass is 16.4. The van der Waals surface area contributed by atoms with E-state index in [2.05, 4.69) is 4.98 Å². The number of rotatable bonds is 3. The Hall–Kier alpha value is -1.68. The number of carboxylic acid groups (broad SMARTS) is 1. The molecule has 0 aliphatic rings. The van der Waals surface area contributed by atoms with Crippen molar-refractivity contribution in [3.05, 3.63) is 35.7 Å². The van der Waals surface area contributed by atoms with Gasteiger partial charge in [-0.2, -0.15) is 0 Å². The summed E-state index contributed by atoms with van der Waals surface area (Å²) in [6.07, 6.45) is 6.28. The van der Waals surface area contributed by atoms with Crippen molar-refractivity contribution < 1.29 is 9.90 Å². The Morgan fingerprint density at radius 3 is 3.08 bits per heavy atom. The molecule has 0 spiro atoms. The molecule has 4 nitrogen and oxygen atoms in total. The maximum Gasteiger partial charge on any atom is 0.336 e. The summed E-state index contributed by atoms with van der Waals surface area (Å²) in [7, 11) is 0. The highest BCUT2D eigenvalue weighted by molar-refractivity contribution is 5.91. The first-order valence-corrected chi connectivity index (χ1v) is 3.79. The lowest BCUT2D eigenvalue weighted by Crippen LogP contribution is -2.00. The molecule has 0 bridgehead atoms. The Morgan fingerprint density at radius 1 is 1.69 bits per heavy atom. The Labute approximate surface area is 75.7 Å². The van der Waals surface area contributed by atoms with E-state index in [0.29, 0.717) is 12.1 Å². The predicted octanol–water partition coefficient (Wildman–Crippen LogP) is 0.752. The summed E-state index contributed by atoms with van der Waals surface area (Å²) >= 11 is 0. The van der Waals surface area contributed by atoms with Gasteiger partial charge >= 0.3 is 5.97 Å². The van der Waals surface area contributed by atoms with Crippen LogP contribution in [0, 0.1) is 0 Å². The molecule has 0 atom stereocenters. The smallest absolute Gasteiger partial charge is 0.336 e. The van der Waals surface area contributed by atoms with Gasteiger partial charge in [0.15, 0.2) is 0 Å². The lowest BCUT2D eigenvalue weighted by atomic mass is 10.1. The lowest BCUT2D eigenvalue weighted by Gasteiger charge is -1.98. The Kier molecular flexibility index (Phi) is 3.16. The molecule has 1 heterocycles. The molecule has 0 radical (unpaired) electrons. The zero-order valence-electron chi connectivity index (χ0n) is 6.97. The number of aromatic nitrogens is 1. The molecule has 0 unspecified atom stereocenters. The van der Waals surface area contributed by atoms with Crippen LogP contribution >= 0.6 is 0 Å². The Bertz CT molecular complexity index is 334. The number of carbonyl (C=O) groups is 1. The molecule has 13 heavy (non-hydrogen) atoms. The quantitative estimate of drug-likeness (QED) is 0.716. The lowest BCUT2D eigenvalue weighted by molar-refractivity contribution is 0.0696. The van der Waals surface area contributed by atoms with Gasteiger partial charge in [0, 0.05) is 24.5 Å². The second kappa shape index (κ2) is 4.37. The van der Waals surface area contributed by atoms with E-state index in [4.69, 9.17) is 10.8 Å². The number of nitrogens with zero attached hydrogens (tertiary/aromatic N) is 1. The zero-order valence-corrected chi connectivity index (χ0v) is 6.97. The van der Waals surface area contributed by atoms with Crippen LogP contribution in [-0.4, -0.2) is 22.6 Å². The summed E-state index contributed by atoms with van der Waals surface area (Å²) in [6, 6.07) is 1.46. The van der Waals surface area contributed by atoms with Crippen molar-refractivity contribution in [3.8, 4) is 0 Å². The van der Waals surface area contributed by atoms with Crippen LogP contribution in [0.2, 0.25) is 0 Å². The summed E-state index contributed by atoms with van der Waals surface area (Å²) in [5.41, 5.74) is 6.05. The van der Waals surface area contributed by atoms with Crippen LogP contribution in [-0.2, 0) is 0 Å². The van der Waals surface area contributed by atoms with E-state index in [-0.39, 0.29) is 5.56 Å². The molecule has 0 aromatic carbocycles. The monoisotopic (exact) mass is 178 g/mol. The van der Waals surface area contributed by atoms with Crippen molar-refractivity contribution in [2.75, 3.05) is 6.54 Å². The van der Waals surface area contributed by atoms with Crippen LogP contribution in [0.5, 0.6) is 0 Å². The summed E-state index contributed by atoms with van der Waals surface area (Å²) in [4.78, 5) is 14.5. The van der Waals surface area contributed by atoms with Gasteiger partial charge in [0.25, 0.3) is 0 Å². The van der Waals surface area contributed by atoms with E-state index < -0.39 is 5.97 Å². The molecule has 68 valence electrons. The normalized spacial score (nSPS) is 10.5. The first-order valence-electron chi connectivity index (χ1n) is 3.79. The van der Waals surface area contributed by atoms with E-state index in [1.54, 1.807) is 12.2 Å². The summed E-state index contributed by atoms with van der Waals surface area (Å²) < 4.78 is 0. The summed E-state index contributed by atoms with van der Waals surface area (Å²) in [5, 5.41) is 8.77. The van der Waals surface area contributed by atoms with E-state index in [1.165, 1.54) is 18.5 Å². The number of nitrogens with two attached hydrogens (primary N) is 1. The van der Waals surface area contributed by atoms with Crippen LogP contribution in [0.4, 0.5) is 0 Å². The van der Waals surface area contributed by atoms with Gasteiger partial charge in [0.05, 0.1) is 5.56 Å². The number of aromatic carboxylic acids is 1. The average molecular weight is 178 g/mol. The van der Waals surface area contributed by atoms with Gasteiger partial charge in [-0.25, -0.2) is 4.79 Å². The molecular weight excluding hydrogens is 168 g/mol. The number of hydrogen-bond acceptors (Lipinski definition) is 3. The second-order valence-electron chi connectivity index (χ2n) is 2.41. The van der Waals surface area contributed by atoms with E-state index in [1.807, 2.05) is 0 Å². The third kappa shape index (κ3) is 2.38. The molecule has 3 N–H and O–H groups in total. The molecule has 1 rings (SSSR count). The molecule has 1 aromatic rings. The molecule has 0 saturated heterocycles. The van der Waals surface area contributed by atoms with Crippen molar-refractivity contribution in [2.45, 2.75) is 0 Å². The second-order valence-corrected chi connectivity index (χ2v) is 2.41. The summed E-state index contributed by atoms with van der Waals surface area (Å²) in [5.74, 6) is -0.959. The predicted molar refractivity (Wildman–Crippen MR) is 49.3 cm³/mol. The molecule has 0 fully saturated rings. The minimum atomic E-state index is -0.959. The van der Waals surface area contributed by atoms with Crippen molar-refractivity contribution in [1.29, 1.82) is 0 Å². The van der Waals surface area contributed by atoms with Crippen molar-refractivity contribution in [2.24, 2.45) is 5.73 Å². The highest BCUT2D eigenvalue weighted by Gasteiger charge is 2.05. The standard InChI is InChI=1S/C9H10N2O2/c10-4-1-2-7-6-11-5-3-8(7)9(12)13/h1-3,5-6H,4,10H2,(H,12,13). The van der Waals surface area contributed by atoms with Crippen LogP contribution in [0.3, 0.4) is 0 Å². The molecule has 0 aliphatic carbocycles. The number of hydrogen-bond donors (Lipinski definition) is 2. The minimum absolute atomic E-state index is 0.236. The van der Waals surface area contributed by atoms with Gasteiger partial charge in [-0.1, -0.05) is 12.2 Å². The Balaban J connectivity index is 3.05. The van der Waals surface area contributed by atoms with E-state index in [9.17, 15) is 4.79 Å². The molecule has 0 saturated carbocycles. The van der Waals surface area contributed by atoms with Gasteiger partial charge in [-0.3, -0.25) is 4.98 Å². The third-order valence-electron chi connectivity index (χ3n) is 1.52. The van der Waals surface area contributed by atoms with Crippen molar-refractivity contribution >= 4 is 12.0 Å². The molecule has 4 heteroatoms. The van der Waals surface area contributed by atoms with Crippen molar-refractivity contribution in [1.82, 2.24) is 4.98 Å².